The SMILES string of the molecule is COC(=O)Cc1c(C#N)cnc(CBr)c1C(F)F. The first kappa shape index (κ1) is 14.5. The van der Waals surface area contributed by atoms with Crippen LogP contribution in [0.5, 0.6) is 0 Å². The van der Waals surface area contributed by atoms with E-state index >= 15 is 0 Å². The van der Waals surface area contributed by atoms with Crippen molar-refractivity contribution < 1.29 is 18.3 Å². The molecule has 0 radical (unpaired) electrons. The second-order valence-corrected chi connectivity index (χ2v) is 3.87. The molecule has 96 valence electrons. The minimum atomic E-state index is -2.81. The van der Waals surface area contributed by atoms with Gasteiger partial charge in [-0.3, -0.25) is 9.78 Å². The Morgan fingerprint density at radius 2 is 2.33 bits per heavy atom. The summed E-state index contributed by atoms with van der Waals surface area (Å²) in [7, 11) is 1.16. The van der Waals surface area contributed by atoms with Crippen LogP contribution in [0.2, 0.25) is 0 Å². The van der Waals surface area contributed by atoms with Crippen molar-refractivity contribution in [1.29, 1.82) is 5.26 Å². The molecule has 1 rings (SSSR count). The van der Waals surface area contributed by atoms with Gasteiger partial charge in [-0.25, -0.2) is 8.78 Å². The predicted molar refractivity (Wildman–Crippen MR) is 62.3 cm³/mol. The summed E-state index contributed by atoms with van der Waals surface area (Å²) >= 11 is 3.05. The molecule has 0 aliphatic carbocycles. The molecule has 0 N–H and O–H groups in total. The van der Waals surface area contributed by atoms with E-state index in [4.69, 9.17) is 5.26 Å². The number of esters is 1. The van der Waals surface area contributed by atoms with Gasteiger partial charge in [0.1, 0.15) is 6.07 Å². The minimum Gasteiger partial charge on any atom is -0.469 e. The Bertz CT molecular complexity index is 501. The number of pyridine rings is 1. The average Bonchev–Trinajstić information content (AvgIpc) is 2.37. The lowest BCUT2D eigenvalue weighted by atomic mass is 9.99. The third-order valence-corrected chi connectivity index (χ3v) is 2.86. The van der Waals surface area contributed by atoms with Crippen molar-refractivity contribution in [2.75, 3.05) is 7.11 Å². The van der Waals surface area contributed by atoms with Crippen molar-refractivity contribution in [2.24, 2.45) is 0 Å². The van der Waals surface area contributed by atoms with Crippen LogP contribution in [0.4, 0.5) is 8.78 Å². The van der Waals surface area contributed by atoms with E-state index in [9.17, 15) is 13.6 Å². The number of aromatic nitrogens is 1. The smallest absolute Gasteiger partial charge is 0.310 e. The van der Waals surface area contributed by atoms with Crippen molar-refractivity contribution >= 4 is 21.9 Å². The highest BCUT2D eigenvalue weighted by molar-refractivity contribution is 9.08. The summed E-state index contributed by atoms with van der Waals surface area (Å²) in [5, 5.41) is 8.99. The van der Waals surface area contributed by atoms with Crippen LogP contribution in [0.15, 0.2) is 6.20 Å². The maximum Gasteiger partial charge on any atom is 0.310 e. The van der Waals surface area contributed by atoms with Gasteiger partial charge >= 0.3 is 5.97 Å². The van der Waals surface area contributed by atoms with Gasteiger partial charge in [0.2, 0.25) is 0 Å². The molecule has 1 heterocycles. The monoisotopic (exact) mass is 318 g/mol. The third kappa shape index (κ3) is 3.01. The van der Waals surface area contributed by atoms with Crippen molar-refractivity contribution in [3.63, 3.8) is 0 Å². The zero-order chi connectivity index (χ0) is 13.7. The summed E-state index contributed by atoms with van der Waals surface area (Å²) in [5.74, 6) is -0.680. The van der Waals surface area contributed by atoms with E-state index in [2.05, 4.69) is 25.7 Å². The zero-order valence-corrected chi connectivity index (χ0v) is 11.0. The summed E-state index contributed by atoms with van der Waals surface area (Å²) in [6.45, 7) is 0. The van der Waals surface area contributed by atoms with Gasteiger partial charge in [-0.15, -0.1) is 0 Å². The second-order valence-electron chi connectivity index (χ2n) is 3.31. The van der Waals surface area contributed by atoms with Gasteiger partial charge in [-0.05, 0) is 5.56 Å². The molecule has 0 unspecified atom stereocenters. The summed E-state index contributed by atoms with van der Waals surface area (Å²) < 4.78 is 30.5. The van der Waals surface area contributed by atoms with Gasteiger partial charge in [0.15, 0.2) is 0 Å². The lowest BCUT2D eigenvalue weighted by molar-refractivity contribution is -0.139. The summed E-state index contributed by atoms with van der Waals surface area (Å²) in [6, 6.07) is 1.75. The number of rotatable bonds is 4. The molecule has 0 atom stereocenters. The van der Waals surface area contributed by atoms with E-state index < -0.39 is 12.4 Å². The Kier molecular flexibility index (Phi) is 5.16. The van der Waals surface area contributed by atoms with Crippen LogP contribution in [0.25, 0.3) is 0 Å². The summed E-state index contributed by atoms with van der Waals surface area (Å²) in [6.07, 6.45) is -2.00. The Labute approximate surface area is 111 Å². The van der Waals surface area contributed by atoms with Crippen molar-refractivity contribution in [3.05, 3.63) is 28.6 Å². The normalized spacial score (nSPS) is 10.2. The number of carbonyl (C=O) groups is 1. The van der Waals surface area contributed by atoms with Crippen LogP contribution < -0.4 is 0 Å². The van der Waals surface area contributed by atoms with Crippen LogP contribution in [0, 0.1) is 11.3 Å². The molecule has 0 aromatic carbocycles. The van der Waals surface area contributed by atoms with Crippen molar-refractivity contribution in [1.82, 2.24) is 4.98 Å². The molecule has 18 heavy (non-hydrogen) atoms. The van der Waals surface area contributed by atoms with E-state index in [1.165, 1.54) is 6.20 Å². The maximum absolute atomic E-state index is 13.0. The molecule has 1 aromatic rings. The van der Waals surface area contributed by atoms with E-state index in [1.807, 2.05) is 0 Å². The Morgan fingerprint density at radius 1 is 1.67 bits per heavy atom. The number of nitrogens with zero attached hydrogens (tertiary/aromatic N) is 2. The molecule has 0 bridgehead atoms. The molecule has 7 heteroatoms. The molecular weight excluding hydrogens is 310 g/mol. The predicted octanol–water partition coefficient (Wildman–Crippen LogP) is 2.50. The van der Waals surface area contributed by atoms with E-state index in [0.29, 0.717) is 0 Å². The highest BCUT2D eigenvalue weighted by atomic mass is 79.9. The Hall–Kier alpha value is -1.55. The fourth-order valence-electron chi connectivity index (χ4n) is 1.48. The number of hydrogen-bond donors (Lipinski definition) is 0. The molecule has 0 aliphatic heterocycles. The molecule has 1 aromatic heterocycles. The van der Waals surface area contributed by atoms with Gasteiger partial charge < -0.3 is 4.74 Å². The van der Waals surface area contributed by atoms with Crippen LogP contribution >= 0.6 is 15.9 Å². The maximum atomic E-state index is 13.0. The molecule has 0 aliphatic rings. The van der Waals surface area contributed by atoms with E-state index in [0.717, 1.165) is 7.11 Å². The van der Waals surface area contributed by atoms with Gasteiger partial charge in [0.25, 0.3) is 6.43 Å². The van der Waals surface area contributed by atoms with Crippen molar-refractivity contribution in [2.45, 2.75) is 18.2 Å². The number of carbonyl (C=O) groups excluding carboxylic acids is 1. The average molecular weight is 319 g/mol. The lowest BCUT2D eigenvalue weighted by Gasteiger charge is -2.12. The van der Waals surface area contributed by atoms with Gasteiger partial charge in [0, 0.05) is 17.1 Å². The first-order valence-corrected chi connectivity index (χ1v) is 5.99. The quantitative estimate of drug-likeness (QED) is 0.632. The summed E-state index contributed by atoms with van der Waals surface area (Å²) in [5.41, 5.74) is -0.330. The van der Waals surface area contributed by atoms with E-state index in [1.54, 1.807) is 6.07 Å². The number of alkyl halides is 3. The molecule has 0 amide bonds. The highest BCUT2D eigenvalue weighted by Crippen LogP contribution is 2.29. The molecule has 0 saturated heterocycles. The number of halogens is 3. The standard InChI is InChI=1S/C11H9BrF2N2O2/c1-18-9(17)2-7-6(4-15)5-16-8(3-12)10(7)11(13)14/h5,11H,2-3H2,1H3. The van der Waals surface area contributed by atoms with Crippen LogP contribution in [-0.4, -0.2) is 18.1 Å². The van der Waals surface area contributed by atoms with Gasteiger partial charge in [-0.1, -0.05) is 15.9 Å². The molecular formula is C11H9BrF2N2O2. The molecule has 4 nitrogen and oxygen atoms in total. The molecule has 0 spiro atoms. The first-order valence-electron chi connectivity index (χ1n) is 4.86. The fourth-order valence-corrected chi connectivity index (χ4v) is 1.92. The van der Waals surface area contributed by atoms with Crippen LogP contribution in [0.1, 0.15) is 28.8 Å². The van der Waals surface area contributed by atoms with Gasteiger partial charge in [-0.2, -0.15) is 5.26 Å². The van der Waals surface area contributed by atoms with Crippen LogP contribution in [-0.2, 0) is 21.3 Å². The molecule has 0 saturated carbocycles. The number of methoxy groups -OCH3 is 1. The second kappa shape index (κ2) is 6.40. The number of nitriles is 1. The fraction of sp³-hybridized carbons (Fsp3) is 0.364. The highest BCUT2D eigenvalue weighted by Gasteiger charge is 2.23. The Balaban J connectivity index is 3.41. The van der Waals surface area contributed by atoms with Crippen molar-refractivity contribution in [3.8, 4) is 6.07 Å². The molecule has 0 fully saturated rings. The first-order chi connectivity index (χ1) is 8.54. The lowest BCUT2D eigenvalue weighted by Crippen LogP contribution is -2.12. The van der Waals surface area contributed by atoms with Crippen LogP contribution in [0.3, 0.4) is 0 Å². The topological polar surface area (TPSA) is 63.0 Å². The number of ether oxygens (including phenoxy) is 1. The Morgan fingerprint density at radius 3 is 2.78 bits per heavy atom. The zero-order valence-electron chi connectivity index (χ0n) is 9.41. The minimum absolute atomic E-state index is 0.0243. The van der Waals surface area contributed by atoms with Gasteiger partial charge in [0.05, 0.1) is 24.8 Å². The largest absolute Gasteiger partial charge is 0.469 e. The third-order valence-electron chi connectivity index (χ3n) is 2.32. The van der Waals surface area contributed by atoms with E-state index in [-0.39, 0.29) is 34.1 Å². The summed E-state index contributed by atoms with van der Waals surface area (Å²) in [4.78, 5) is 15.0. The number of hydrogen-bond acceptors (Lipinski definition) is 4.